The van der Waals surface area contributed by atoms with Crippen LogP contribution >= 0.6 is 0 Å². The first-order valence-electron chi connectivity index (χ1n) is 12.2. The Morgan fingerprint density at radius 2 is 1.83 bits per heavy atom. The van der Waals surface area contributed by atoms with Gasteiger partial charge in [-0.1, -0.05) is 49.4 Å². The van der Waals surface area contributed by atoms with Gasteiger partial charge in [0.05, 0.1) is 22.3 Å². The van der Waals surface area contributed by atoms with Crippen LogP contribution in [0, 0.1) is 6.92 Å². The van der Waals surface area contributed by atoms with E-state index in [9.17, 15) is 14.7 Å². The Hall–Kier alpha value is -4.26. The molecule has 1 amide bonds. The number of hydrogen-bond acceptors (Lipinski definition) is 4. The van der Waals surface area contributed by atoms with Crippen molar-refractivity contribution in [3.63, 3.8) is 0 Å². The molecule has 0 saturated heterocycles. The second kappa shape index (κ2) is 9.77. The molecule has 0 unspecified atom stereocenters. The number of rotatable bonds is 7. The summed E-state index contributed by atoms with van der Waals surface area (Å²) in [7, 11) is 0. The number of aromatic nitrogens is 2. The smallest absolute Gasteiger partial charge is 0.336 e. The minimum absolute atomic E-state index is 0.0544. The lowest BCUT2D eigenvalue weighted by atomic mass is 9.98. The molecule has 2 N–H and O–H groups in total. The van der Waals surface area contributed by atoms with Crippen molar-refractivity contribution in [1.29, 1.82) is 0 Å². The number of carbonyl (C=O) groups is 2. The predicted octanol–water partition coefficient (Wildman–Crippen LogP) is 5.32. The van der Waals surface area contributed by atoms with E-state index >= 15 is 0 Å². The monoisotopic (exact) mass is 480 g/mol. The van der Waals surface area contributed by atoms with Crippen molar-refractivity contribution < 1.29 is 14.7 Å². The van der Waals surface area contributed by atoms with Crippen molar-refractivity contribution in [1.82, 2.24) is 15.0 Å². The molecular formula is C29H28N4O3. The van der Waals surface area contributed by atoms with Crippen LogP contribution in [-0.2, 0) is 17.8 Å². The molecule has 36 heavy (non-hydrogen) atoms. The molecule has 7 nitrogen and oxygen atoms in total. The van der Waals surface area contributed by atoms with E-state index in [0.29, 0.717) is 30.5 Å². The van der Waals surface area contributed by atoms with Gasteiger partial charge >= 0.3 is 5.97 Å². The number of hydrazone groups is 1. The number of imidazole rings is 1. The van der Waals surface area contributed by atoms with Gasteiger partial charge in [0.25, 0.3) is 0 Å². The zero-order valence-corrected chi connectivity index (χ0v) is 20.4. The highest BCUT2D eigenvalue weighted by Gasteiger charge is 2.18. The van der Waals surface area contributed by atoms with Gasteiger partial charge in [-0.2, -0.15) is 5.10 Å². The summed E-state index contributed by atoms with van der Waals surface area (Å²) in [5.74, 6) is 0.0465. The molecule has 1 aliphatic heterocycles. The van der Waals surface area contributed by atoms with Gasteiger partial charge in [0, 0.05) is 31.4 Å². The summed E-state index contributed by atoms with van der Waals surface area (Å²) < 4.78 is 2.26. The van der Waals surface area contributed by atoms with Crippen molar-refractivity contribution in [2.24, 2.45) is 5.10 Å². The molecule has 5 rings (SSSR count). The molecule has 182 valence electrons. The number of carboxylic acid groups (broad SMARTS) is 1. The standard InChI is InChI=1S/C29H28N4O3/c1-3-6-26-30-28-18(2)15-21(24-13-14-27(34)32-31-24)16-25(28)33(26)17-19-9-11-20(12-10-19)22-7-4-5-8-23(22)29(35)36/h4-5,7-12,15-16H,3,6,13-14,17H2,1-2H3,(H,32,34)(H,35,36). The number of aromatic carboxylic acids is 1. The quantitative estimate of drug-likeness (QED) is 0.374. The zero-order chi connectivity index (χ0) is 25.2. The third kappa shape index (κ3) is 4.52. The summed E-state index contributed by atoms with van der Waals surface area (Å²) in [5.41, 5.74) is 10.6. The molecule has 0 fully saturated rings. The number of aryl methyl sites for hydroxylation is 2. The molecule has 4 aromatic rings. The van der Waals surface area contributed by atoms with Crippen LogP contribution in [0.15, 0.2) is 65.8 Å². The van der Waals surface area contributed by atoms with E-state index in [2.05, 4.69) is 41.1 Å². The van der Waals surface area contributed by atoms with E-state index < -0.39 is 5.97 Å². The Labute approximate surface area is 209 Å². The molecule has 0 saturated carbocycles. The summed E-state index contributed by atoms with van der Waals surface area (Å²) in [4.78, 5) is 28.2. The van der Waals surface area contributed by atoms with E-state index in [-0.39, 0.29) is 5.91 Å². The Bertz CT molecular complexity index is 1500. The number of carboxylic acids is 1. The highest BCUT2D eigenvalue weighted by molar-refractivity contribution is 6.06. The Kier molecular flexibility index (Phi) is 6.38. The summed E-state index contributed by atoms with van der Waals surface area (Å²) in [6.07, 6.45) is 2.91. The van der Waals surface area contributed by atoms with Gasteiger partial charge in [-0.15, -0.1) is 0 Å². The van der Waals surface area contributed by atoms with Crippen LogP contribution in [0.1, 0.15) is 59.1 Å². The van der Waals surface area contributed by atoms with Crippen LogP contribution in [0.25, 0.3) is 22.2 Å². The molecule has 1 aliphatic rings. The Morgan fingerprint density at radius 1 is 1.06 bits per heavy atom. The lowest BCUT2D eigenvalue weighted by molar-refractivity contribution is -0.121. The second-order valence-electron chi connectivity index (χ2n) is 9.17. The molecule has 0 bridgehead atoms. The maximum absolute atomic E-state index is 11.6. The molecule has 3 aromatic carbocycles. The maximum Gasteiger partial charge on any atom is 0.336 e. The minimum atomic E-state index is -0.933. The molecule has 1 aromatic heterocycles. The largest absolute Gasteiger partial charge is 0.478 e. The van der Waals surface area contributed by atoms with Crippen LogP contribution in [-0.4, -0.2) is 32.2 Å². The second-order valence-corrected chi connectivity index (χ2v) is 9.17. The van der Waals surface area contributed by atoms with Crippen LogP contribution in [0.2, 0.25) is 0 Å². The summed E-state index contributed by atoms with van der Waals surface area (Å²) >= 11 is 0. The van der Waals surface area contributed by atoms with Crippen molar-refractivity contribution in [3.05, 3.63) is 88.7 Å². The number of hydrogen-bond donors (Lipinski definition) is 2. The fourth-order valence-corrected chi connectivity index (χ4v) is 4.77. The van der Waals surface area contributed by atoms with E-state index in [4.69, 9.17) is 4.98 Å². The van der Waals surface area contributed by atoms with Gasteiger partial charge in [0.15, 0.2) is 0 Å². The van der Waals surface area contributed by atoms with Crippen LogP contribution in [0.4, 0.5) is 0 Å². The summed E-state index contributed by atoms with van der Waals surface area (Å²) in [5, 5.41) is 13.8. The van der Waals surface area contributed by atoms with Crippen LogP contribution in [0.5, 0.6) is 0 Å². The average Bonchev–Trinajstić information content (AvgIpc) is 3.22. The van der Waals surface area contributed by atoms with Gasteiger partial charge in [0.1, 0.15) is 5.82 Å². The summed E-state index contributed by atoms with van der Waals surface area (Å²) in [6, 6.07) is 19.3. The predicted molar refractivity (Wildman–Crippen MR) is 140 cm³/mol. The SMILES string of the molecule is CCCc1nc2c(C)cc(C3=NNC(=O)CC3)cc2n1Cc1ccc(-c2ccccc2C(=O)O)cc1. The highest BCUT2D eigenvalue weighted by Crippen LogP contribution is 2.27. The fourth-order valence-electron chi connectivity index (χ4n) is 4.77. The first kappa shape index (κ1) is 23.5. The third-order valence-electron chi connectivity index (χ3n) is 6.60. The molecule has 0 atom stereocenters. The number of carbonyl (C=O) groups excluding carboxylic acids is 1. The van der Waals surface area contributed by atoms with E-state index in [1.54, 1.807) is 12.1 Å². The van der Waals surface area contributed by atoms with Crippen molar-refractivity contribution >= 4 is 28.6 Å². The normalized spacial score (nSPS) is 13.5. The molecular weight excluding hydrogens is 452 g/mol. The van der Waals surface area contributed by atoms with Gasteiger partial charge < -0.3 is 9.67 Å². The lowest BCUT2D eigenvalue weighted by Crippen LogP contribution is -2.25. The van der Waals surface area contributed by atoms with Crippen LogP contribution in [0.3, 0.4) is 0 Å². The molecule has 0 spiro atoms. The average molecular weight is 481 g/mol. The van der Waals surface area contributed by atoms with Gasteiger partial charge in [-0.05, 0) is 53.8 Å². The Morgan fingerprint density at radius 3 is 2.53 bits per heavy atom. The maximum atomic E-state index is 11.6. The van der Waals surface area contributed by atoms with E-state index in [1.165, 1.54) is 0 Å². The number of amides is 1. The first-order valence-corrected chi connectivity index (χ1v) is 12.2. The zero-order valence-electron chi connectivity index (χ0n) is 20.4. The third-order valence-corrected chi connectivity index (χ3v) is 6.60. The fraction of sp³-hybridized carbons (Fsp3) is 0.241. The van der Waals surface area contributed by atoms with E-state index in [0.717, 1.165) is 57.7 Å². The molecule has 0 aliphatic carbocycles. The molecule has 0 radical (unpaired) electrons. The molecule has 2 heterocycles. The number of benzene rings is 3. The summed E-state index contributed by atoms with van der Waals surface area (Å²) in [6.45, 7) is 4.87. The first-order chi connectivity index (χ1) is 17.4. The van der Waals surface area contributed by atoms with Crippen LogP contribution < -0.4 is 5.43 Å². The minimum Gasteiger partial charge on any atom is -0.478 e. The van der Waals surface area contributed by atoms with Gasteiger partial charge in [-0.3, -0.25) is 4.79 Å². The van der Waals surface area contributed by atoms with Crippen molar-refractivity contribution in [3.8, 4) is 11.1 Å². The number of nitrogens with zero attached hydrogens (tertiary/aromatic N) is 3. The van der Waals surface area contributed by atoms with Crippen molar-refractivity contribution in [2.45, 2.75) is 46.1 Å². The number of fused-ring (bicyclic) bond motifs is 1. The lowest BCUT2D eigenvalue weighted by Gasteiger charge is -2.14. The van der Waals surface area contributed by atoms with Gasteiger partial charge in [0.2, 0.25) is 5.91 Å². The van der Waals surface area contributed by atoms with E-state index in [1.807, 2.05) is 36.4 Å². The molecule has 7 heteroatoms. The highest BCUT2D eigenvalue weighted by atomic mass is 16.4. The van der Waals surface area contributed by atoms with Gasteiger partial charge in [-0.25, -0.2) is 15.2 Å². The number of nitrogens with one attached hydrogen (secondary N) is 1. The topological polar surface area (TPSA) is 96.6 Å². The Balaban J connectivity index is 1.52. The van der Waals surface area contributed by atoms with Crippen molar-refractivity contribution in [2.75, 3.05) is 0 Å².